The van der Waals surface area contributed by atoms with Crippen molar-refractivity contribution in [3.05, 3.63) is 73.8 Å². The highest BCUT2D eigenvalue weighted by molar-refractivity contribution is 6.30. The molecule has 0 unspecified atom stereocenters. The first-order valence-electron chi connectivity index (χ1n) is 7.69. The topological polar surface area (TPSA) is 81.2 Å². The van der Waals surface area contributed by atoms with Crippen LogP contribution in [-0.4, -0.2) is 22.3 Å². The maximum Gasteiger partial charge on any atom is 0.286 e. The molecule has 0 radical (unpaired) electrons. The highest BCUT2D eigenvalue weighted by Crippen LogP contribution is 2.23. The Morgan fingerprint density at radius 2 is 1.88 bits per heavy atom. The van der Waals surface area contributed by atoms with Crippen molar-refractivity contribution >= 4 is 28.3 Å². The number of hydrogen-bond acceptors (Lipinski definition) is 4. The molecule has 0 aliphatic rings. The number of halogens is 1. The van der Waals surface area contributed by atoms with Crippen LogP contribution in [0.3, 0.4) is 0 Å². The summed E-state index contributed by atoms with van der Waals surface area (Å²) in [6.45, 7) is 1.55. The van der Waals surface area contributed by atoms with Gasteiger partial charge in [-0.05, 0) is 42.3 Å². The highest BCUT2D eigenvalue weighted by Gasteiger charge is 2.14. The summed E-state index contributed by atoms with van der Waals surface area (Å²) in [6.07, 6.45) is 0.677. The Balaban J connectivity index is 1.90. The molecule has 1 N–H and O–H groups in total. The molecule has 128 valence electrons. The lowest BCUT2D eigenvalue weighted by Crippen LogP contribution is -2.37. The molecule has 0 bridgehead atoms. The van der Waals surface area contributed by atoms with Gasteiger partial charge >= 0.3 is 0 Å². The van der Waals surface area contributed by atoms with E-state index in [4.69, 9.17) is 16.3 Å². The van der Waals surface area contributed by atoms with Crippen LogP contribution in [-0.2, 0) is 6.42 Å². The van der Waals surface area contributed by atoms with Gasteiger partial charge in [0.25, 0.3) is 17.0 Å². The van der Waals surface area contributed by atoms with Crippen molar-refractivity contribution < 1.29 is 9.53 Å². The number of fused-ring (bicyclic) bond motifs is 1. The van der Waals surface area contributed by atoms with Crippen molar-refractivity contribution in [2.24, 2.45) is 0 Å². The Labute approximate surface area is 147 Å². The normalized spacial score (nSPS) is 10.8. The Bertz CT molecular complexity index is 1070. The minimum atomic E-state index is -0.662. The summed E-state index contributed by atoms with van der Waals surface area (Å²) >= 11 is 5.94. The third-order valence-electron chi connectivity index (χ3n) is 3.82. The Kier molecular flexibility index (Phi) is 4.72. The fraction of sp³-hybridized carbons (Fsp3) is 0.167. The van der Waals surface area contributed by atoms with E-state index in [0.29, 0.717) is 21.9 Å². The summed E-state index contributed by atoms with van der Waals surface area (Å²) < 4.78 is 6.20. The zero-order valence-corrected chi connectivity index (χ0v) is 14.2. The van der Waals surface area contributed by atoms with E-state index in [9.17, 15) is 14.4 Å². The van der Waals surface area contributed by atoms with E-state index >= 15 is 0 Å². The van der Waals surface area contributed by atoms with E-state index in [1.165, 1.54) is 12.1 Å². The second-order valence-corrected chi connectivity index (χ2v) is 5.85. The minimum absolute atomic E-state index is 0.181. The van der Waals surface area contributed by atoms with Crippen molar-refractivity contribution in [3.63, 3.8) is 0 Å². The van der Waals surface area contributed by atoms with Crippen LogP contribution in [0.15, 0.2) is 52.1 Å². The molecule has 3 rings (SSSR count). The first kappa shape index (κ1) is 17.0. The fourth-order valence-electron chi connectivity index (χ4n) is 2.55. The van der Waals surface area contributed by atoms with Gasteiger partial charge < -0.3 is 4.74 Å². The lowest BCUT2D eigenvalue weighted by Gasteiger charge is -2.11. The van der Waals surface area contributed by atoms with Crippen molar-refractivity contribution in [1.82, 2.24) is 9.78 Å². The maximum atomic E-state index is 12.4. The van der Waals surface area contributed by atoms with Gasteiger partial charge in [0, 0.05) is 5.02 Å². The molecule has 0 spiro atoms. The lowest BCUT2D eigenvalue weighted by molar-refractivity contribution is 0.0813. The maximum absolute atomic E-state index is 12.4. The number of aryl methyl sites for hydroxylation is 1. The number of rotatable bonds is 4. The number of nitrogens with one attached hydrogen (secondary N) is 1. The average molecular weight is 359 g/mol. The quantitative estimate of drug-likeness (QED) is 0.777. The molecule has 0 saturated heterocycles. The third kappa shape index (κ3) is 3.34. The zero-order chi connectivity index (χ0) is 18.0. The number of aromatic amines is 1. The van der Waals surface area contributed by atoms with E-state index < -0.39 is 17.0 Å². The number of ether oxygens (including phenoxy) is 1. The number of aromatic nitrogens is 2. The molecule has 0 atom stereocenters. The second-order valence-electron chi connectivity index (χ2n) is 5.42. The summed E-state index contributed by atoms with van der Waals surface area (Å²) in [6, 6.07) is 11.4. The van der Waals surface area contributed by atoms with Crippen LogP contribution >= 0.6 is 11.6 Å². The van der Waals surface area contributed by atoms with Crippen LogP contribution in [0.4, 0.5) is 0 Å². The Hall–Kier alpha value is -2.86. The van der Waals surface area contributed by atoms with Crippen LogP contribution in [0, 0.1) is 0 Å². The number of hydrogen-bond donors (Lipinski definition) is 1. The van der Waals surface area contributed by atoms with Crippen molar-refractivity contribution in [2.75, 3.05) is 6.61 Å². The molecule has 0 aliphatic carbocycles. The van der Waals surface area contributed by atoms with Gasteiger partial charge in [-0.3, -0.25) is 19.5 Å². The van der Waals surface area contributed by atoms with Gasteiger partial charge in [-0.25, -0.2) is 0 Å². The summed E-state index contributed by atoms with van der Waals surface area (Å²) in [7, 11) is 0. The predicted molar refractivity (Wildman–Crippen MR) is 95.8 cm³/mol. The van der Waals surface area contributed by atoms with Crippen molar-refractivity contribution in [2.45, 2.75) is 13.3 Å². The number of nitrogens with zero attached hydrogens (tertiary/aromatic N) is 1. The molecule has 1 aromatic heterocycles. The van der Waals surface area contributed by atoms with Gasteiger partial charge in [0.15, 0.2) is 6.61 Å². The van der Waals surface area contributed by atoms with E-state index in [1.54, 1.807) is 30.3 Å². The molecule has 0 amide bonds. The smallest absolute Gasteiger partial charge is 0.286 e. The SMILES string of the molecule is CCc1cc(Cl)ccc1OCC(=O)n1[nH]c(=O)c2ccccc2c1=O. The lowest BCUT2D eigenvalue weighted by atomic mass is 10.1. The highest BCUT2D eigenvalue weighted by atomic mass is 35.5. The van der Waals surface area contributed by atoms with E-state index in [-0.39, 0.29) is 17.4 Å². The van der Waals surface area contributed by atoms with Crippen LogP contribution in [0.1, 0.15) is 17.3 Å². The van der Waals surface area contributed by atoms with Crippen LogP contribution in [0.5, 0.6) is 5.75 Å². The van der Waals surface area contributed by atoms with Gasteiger partial charge in [-0.2, -0.15) is 4.68 Å². The first-order valence-corrected chi connectivity index (χ1v) is 8.07. The Morgan fingerprint density at radius 3 is 2.60 bits per heavy atom. The Morgan fingerprint density at radius 1 is 1.16 bits per heavy atom. The summed E-state index contributed by atoms with van der Waals surface area (Å²) in [5.41, 5.74) is -0.250. The minimum Gasteiger partial charge on any atom is -0.483 e. The molecule has 3 aromatic rings. The van der Waals surface area contributed by atoms with Crippen LogP contribution < -0.4 is 15.9 Å². The molecular formula is C18H15ClN2O4. The number of carbonyl (C=O) groups excluding carboxylic acids is 1. The molecule has 2 aromatic carbocycles. The molecule has 0 aliphatic heterocycles. The summed E-state index contributed by atoms with van der Waals surface area (Å²) in [5.74, 6) is -0.152. The first-order chi connectivity index (χ1) is 12.0. The number of H-pyrrole nitrogens is 1. The van der Waals surface area contributed by atoms with E-state index in [0.717, 1.165) is 5.56 Å². The van der Waals surface area contributed by atoms with Crippen LogP contribution in [0.2, 0.25) is 5.02 Å². The third-order valence-corrected chi connectivity index (χ3v) is 4.06. The van der Waals surface area contributed by atoms with E-state index in [2.05, 4.69) is 5.10 Å². The summed E-state index contributed by atoms with van der Waals surface area (Å²) in [4.78, 5) is 36.8. The zero-order valence-electron chi connectivity index (χ0n) is 13.4. The molecule has 0 saturated carbocycles. The molecule has 25 heavy (non-hydrogen) atoms. The van der Waals surface area contributed by atoms with Gasteiger partial charge in [0.2, 0.25) is 0 Å². The fourth-order valence-corrected chi connectivity index (χ4v) is 2.74. The monoisotopic (exact) mass is 358 g/mol. The molecule has 1 heterocycles. The molecule has 6 nitrogen and oxygen atoms in total. The largest absolute Gasteiger partial charge is 0.483 e. The average Bonchev–Trinajstić information content (AvgIpc) is 2.63. The number of carbonyl (C=O) groups is 1. The van der Waals surface area contributed by atoms with Gasteiger partial charge in [-0.15, -0.1) is 0 Å². The molecular weight excluding hydrogens is 344 g/mol. The van der Waals surface area contributed by atoms with Crippen molar-refractivity contribution in [3.8, 4) is 5.75 Å². The van der Waals surface area contributed by atoms with Crippen LogP contribution in [0.25, 0.3) is 10.8 Å². The molecule has 7 heteroatoms. The molecule has 0 fully saturated rings. The van der Waals surface area contributed by atoms with Gasteiger partial charge in [0.1, 0.15) is 5.75 Å². The summed E-state index contributed by atoms with van der Waals surface area (Å²) in [5, 5.41) is 3.29. The standard InChI is InChI=1S/C18H15ClN2O4/c1-2-11-9-12(19)7-8-15(11)25-10-16(22)21-18(24)14-6-4-3-5-13(14)17(23)20-21/h3-9H,2,10H2,1H3,(H,20,23). The van der Waals surface area contributed by atoms with Gasteiger partial charge in [-0.1, -0.05) is 30.7 Å². The van der Waals surface area contributed by atoms with Crippen molar-refractivity contribution in [1.29, 1.82) is 0 Å². The number of benzene rings is 2. The van der Waals surface area contributed by atoms with E-state index in [1.807, 2.05) is 6.92 Å². The second kappa shape index (κ2) is 6.94. The van der Waals surface area contributed by atoms with Gasteiger partial charge in [0.05, 0.1) is 10.8 Å². The predicted octanol–water partition coefficient (Wildman–Crippen LogP) is 2.62.